The van der Waals surface area contributed by atoms with E-state index in [4.69, 9.17) is 11.6 Å². The molecule has 0 unspecified atom stereocenters. The van der Waals surface area contributed by atoms with Gasteiger partial charge in [0.2, 0.25) is 0 Å². The number of fused-ring (bicyclic) bond motifs is 1. The summed E-state index contributed by atoms with van der Waals surface area (Å²) in [4.78, 5) is 8.69. The van der Waals surface area contributed by atoms with Crippen LogP contribution in [0.2, 0.25) is 5.02 Å². The minimum absolute atomic E-state index is 0.172. The highest BCUT2D eigenvalue weighted by atomic mass is 35.5. The standard InChI is InChI=1S/C22H20ClN5O2S/c1-15-10-21(16(2)9-20(15)23)31(29,30)27(3)26-13-19-12-25-22-7-6-18(14-28(19)22)17-5-4-8-24-11-17/h4-14H,1-3H3. The summed E-state index contributed by atoms with van der Waals surface area (Å²) in [5, 5.41) is 4.70. The quantitative estimate of drug-likeness (QED) is 0.333. The second-order valence-corrected chi connectivity index (χ2v) is 9.45. The van der Waals surface area contributed by atoms with Crippen molar-refractivity contribution in [2.75, 3.05) is 7.05 Å². The van der Waals surface area contributed by atoms with E-state index in [0.29, 0.717) is 21.8 Å². The summed E-state index contributed by atoms with van der Waals surface area (Å²) in [6, 6.07) is 10.9. The molecule has 0 aliphatic carbocycles. The Morgan fingerprint density at radius 3 is 2.65 bits per heavy atom. The topological polar surface area (TPSA) is 79.9 Å². The zero-order valence-electron chi connectivity index (χ0n) is 17.2. The molecule has 9 heteroatoms. The van der Waals surface area contributed by atoms with Gasteiger partial charge in [-0.05, 0) is 55.3 Å². The molecular formula is C22H20ClN5O2S. The molecule has 0 saturated heterocycles. The third kappa shape index (κ3) is 4.04. The van der Waals surface area contributed by atoms with Crippen LogP contribution in [0.15, 0.2) is 71.2 Å². The van der Waals surface area contributed by atoms with Gasteiger partial charge in [0.05, 0.1) is 23.0 Å². The first-order valence-corrected chi connectivity index (χ1v) is 11.3. The van der Waals surface area contributed by atoms with Crippen LogP contribution >= 0.6 is 11.6 Å². The lowest BCUT2D eigenvalue weighted by Crippen LogP contribution is -2.23. The predicted molar refractivity (Wildman–Crippen MR) is 122 cm³/mol. The van der Waals surface area contributed by atoms with E-state index < -0.39 is 10.0 Å². The largest absolute Gasteiger partial charge is 0.298 e. The van der Waals surface area contributed by atoms with Crippen LogP contribution < -0.4 is 0 Å². The second-order valence-electron chi connectivity index (χ2n) is 7.12. The van der Waals surface area contributed by atoms with E-state index in [1.54, 1.807) is 44.6 Å². The Bertz CT molecular complexity index is 1400. The van der Waals surface area contributed by atoms with E-state index in [1.165, 1.54) is 13.3 Å². The van der Waals surface area contributed by atoms with E-state index in [9.17, 15) is 8.42 Å². The average molecular weight is 454 g/mol. The molecular weight excluding hydrogens is 434 g/mol. The number of hydrogen-bond acceptors (Lipinski definition) is 5. The van der Waals surface area contributed by atoms with Gasteiger partial charge in [0.25, 0.3) is 10.0 Å². The molecule has 7 nitrogen and oxygen atoms in total. The van der Waals surface area contributed by atoms with Crippen molar-refractivity contribution in [2.24, 2.45) is 5.10 Å². The highest BCUT2D eigenvalue weighted by molar-refractivity contribution is 7.89. The number of pyridine rings is 2. The summed E-state index contributed by atoms with van der Waals surface area (Å²) in [5.41, 5.74) is 4.55. The van der Waals surface area contributed by atoms with E-state index in [0.717, 1.165) is 21.2 Å². The lowest BCUT2D eigenvalue weighted by atomic mass is 10.1. The first kappa shape index (κ1) is 21.0. The summed E-state index contributed by atoms with van der Waals surface area (Å²) < 4.78 is 28.8. The smallest absolute Gasteiger partial charge is 0.279 e. The first-order chi connectivity index (χ1) is 14.8. The van der Waals surface area contributed by atoms with Crippen LogP contribution in [0.5, 0.6) is 0 Å². The molecule has 0 aliphatic rings. The summed E-state index contributed by atoms with van der Waals surface area (Å²) in [7, 11) is -2.43. The average Bonchev–Trinajstić information content (AvgIpc) is 3.17. The van der Waals surface area contributed by atoms with Gasteiger partial charge in [-0.3, -0.25) is 9.38 Å². The van der Waals surface area contributed by atoms with Crippen molar-refractivity contribution in [3.63, 3.8) is 0 Å². The number of hydrazone groups is 1. The lowest BCUT2D eigenvalue weighted by Gasteiger charge is -2.16. The Morgan fingerprint density at radius 1 is 1.10 bits per heavy atom. The Balaban J connectivity index is 1.67. The molecule has 4 rings (SSSR count). The van der Waals surface area contributed by atoms with Gasteiger partial charge < -0.3 is 0 Å². The molecule has 31 heavy (non-hydrogen) atoms. The van der Waals surface area contributed by atoms with Crippen molar-refractivity contribution in [1.29, 1.82) is 0 Å². The molecule has 1 aromatic carbocycles. The van der Waals surface area contributed by atoms with Crippen LogP contribution in [0.1, 0.15) is 16.8 Å². The van der Waals surface area contributed by atoms with Crippen LogP contribution in [0.25, 0.3) is 16.8 Å². The molecule has 0 amide bonds. The third-order valence-electron chi connectivity index (χ3n) is 4.96. The van der Waals surface area contributed by atoms with Crippen LogP contribution in [0.3, 0.4) is 0 Å². The highest BCUT2D eigenvalue weighted by Crippen LogP contribution is 2.26. The van der Waals surface area contributed by atoms with Gasteiger partial charge in [-0.1, -0.05) is 17.7 Å². The number of rotatable bonds is 5. The van der Waals surface area contributed by atoms with Gasteiger partial charge in [-0.15, -0.1) is 0 Å². The summed E-state index contributed by atoms with van der Waals surface area (Å²) in [5.74, 6) is 0. The molecule has 3 aromatic heterocycles. The van der Waals surface area contributed by atoms with Crippen LogP contribution in [-0.2, 0) is 10.0 Å². The zero-order valence-corrected chi connectivity index (χ0v) is 18.8. The normalized spacial score (nSPS) is 12.0. The maximum Gasteiger partial charge on any atom is 0.279 e. The molecule has 0 bridgehead atoms. The summed E-state index contributed by atoms with van der Waals surface area (Å²) >= 11 is 6.11. The summed E-state index contributed by atoms with van der Waals surface area (Å²) in [6.45, 7) is 3.47. The highest BCUT2D eigenvalue weighted by Gasteiger charge is 2.22. The Morgan fingerprint density at radius 2 is 1.90 bits per heavy atom. The number of sulfonamides is 1. The molecule has 4 aromatic rings. The van der Waals surface area contributed by atoms with Gasteiger partial charge in [-0.25, -0.2) is 4.98 Å². The van der Waals surface area contributed by atoms with Gasteiger partial charge in [0.15, 0.2) is 0 Å². The minimum Gasteiger partial charge on any atom is -0.298 e. The number of hydrogen-bond donors (Lipinski definition) is 0. The van der Waals surface area contributed by atoms with Crippen LogP contribution in [0.4, 0.5) is 0 Å². The molecule has 0 atom stereocenters. The van der Waals surface area contributed by atoms with Crippen LogP contribution in [-0.4, -0.2) is 40.5 Å². The maximum absolute atomic E-state index is 13.0. The first-order valence-electron chi connectivity index (χ1n) is 9.44. The van der Waals surface area contributed by atoms with Crippen molar-refractivity contribution in [2.45, 2.75) is 18.7 Å². The molecule has 0 aliphatic heterocycles. The SMILES string of the molecule is Cc1cc(S(=O)(=O)N(C)N=Cc2cnc3ccc(-c4cccnc4)cn23)c(C)cc1Cl. The van der Waals surface area contributed by atoms with Gasteiger partial charge in [0, 0.05) is 41.8 Å². The number of nitrogens with zero attached hydrogens (tertiary/aromatic N) is 5. The van der Waals surface area contributed by atoms with Crippen molar-refractivity contribution in [3.8, 4) is 11.1 Å². The molecule has 0 fully saturated rings. The second kappa shape index (κ2) is 8.13. The van der Waals surface area contributed by atoms with Crippen molar-refractivity contribution < 1.29 is 8.42 Å². The van der Waals surface area contributed by atoms with E-state index in [2.05, 4.69) is 15.1 Å². The number of halogens is 1. The van der Waals surface area contributed by atoms with E-state index in [1.807, 2.05) is 34.9 Å². The van der Waals surface area contributed by atoms with Crippen molar-refractivity contribution in [3.05, 3.63) is 83.0 Å². The monoisotopic (exact) mass is 453 g/mol. The molecule has 0 N–H and O–H groups in total. The molecule has 0 saturated carbocycles. The molecule has 0 radical (unpaired) electrons. The molecule has 0 spiro atoms. The van der Waals surface area contributed by atoms with Crippen molar-refractivity contribution in [1.82, 2.24) is 18.8 Å². The fourth-order valence-corrected chi connectivity index (χ4v) is 4.64. The van der Waals surface area contributed by atoms with E-state index >= 15 is 0 Å². The fourth-order valence-electron chi connectivity index (χ4n) is 3.18. The molecule has 158 valence electrons. The Labute approximate surface area is 185 Å². The lowest BCUT2D eigenvalue weighted by molar-refractivity contribution is 0.490. The van der Waals surface area contributed by atoms with E-state index in [-0.39, 0.29) is 4.90 Å². The number of aryl methyl sites for hydroxylation is 2. The number of aromatic nitrogens is 3. The Kier molecular flexibility index (Phi) is 5.51. The van der Waals surface area contributed by atoms with Gasteiger partial charge in [-0.2, -0.15) is 17.9 Å². The maximum atomic E-state index is 13.0. The fraction of sp³-hybridized carbons (Fsp3) is 0.136. The van der Waals surface area contributed by atoms with Crippen LogP contribution in [0, 0.1) is 13.8 Å². The van der Waals surface area contributed by atoms with Gasteiger partial charge in [0.1, 0.15) is 5.65 Å². The third-order valence-corrected chi connectivity index (χ3v) is 7.16. The number of benzene rings is 1. The summed E-state index contributed by atoms with van der Waals surface area (Å²) in [6.07, 6.45) is 8.54. The Hall–Kier alpha value is -3.23. The minimum atomic E-state index is -3.83. The zero-order chi connectivity index (χ0) is 22.2. The molecule has 3 heterocycles. The number of imidazole rings is 1. The van der Waals surface area contributed by atoms with Gasteiger partial charge >= 0.3 is 0 Å². The van der Waals surface area contributed by atoms with Crippen molar-refractivity contribution >= 4 is 33.5 Å². The predicted octanol–water partition coefficient (Wildman–Crippen LogP) is 4.32.